The van der Waals surface area contributed by atoms with Crippen molar-refractivity contribution in [3.63, 3.8) is 0 Å². The lowest BCUT2D eigenvalue weighted by molar-refractivity contribution is 0.0467. The van der Waals surface area contributed by atoms with Crippen LogP contribution >= 0.6 is 11.3 Å². The Hall–Kier alpha value is -4.25. The maximum absolute atomic E-state index is 12.6. The zero-order chi connectivity index (χ0) is 23.4. The molecule has 0 aliphatic heterocycles. The van der Waals surface area contributed by atoms with Crippen molar-refractivity contribution in [1.82, 2.24) is 15.0 Å². The molecule has 0 saturated carbocycles. The van der Waals surface area contributed by atoms with Crippen molar-refractivity contribution in [1.29, 1.82) is 0 Å². The second-order valence-electron chi connectivity index (χ2n) is 7.00. The zero-order valence-corrected chi connectivity index (χ0v) is 18.6. The molecule has 0 spiro atoms. The third kappa shape index (κ3) is 5.33. The molecular weight excluding hydrogens is 444 g/mol. The van der Waals surface area contributed by atoms with Gasteiger partial charge in [-0.25, -0.2) is 4.79 Å². The number of hydrogen-bond acceptors (Lipinski definition) is 10. The number of thiophene rings is 1. The van der Waals surface area contributed by atoms with E-state index in [1.165, 1.54) is 6.26 Å². The third-order valence-corrected chi connectivity index (χ3v) is 5.64. The van der Waals surface area contributed by atoms with Crippen LogP contribution in [0.4, 0.5) is 22.6 Å². The Morgan fingerprint density at radius 1 is 1.09 bits per heavy atom. The van der Waals surface area contributed by atoms with Gasteiger partial charge in [-0.05, 0) is 49.2 Å². The van der Waals surface area contributed by atoms with Crippen molar-refractivity contribution in [3.8, 4) is 0 Å². The van der Waals surface area contributed by atoms with Gasteiger partial charge in [0, 0.05) is 5.69 Å². The molecule has 0 radical (unpaired) electrons. The first kappa shape index (κ1) is 22.0. The Morgan fingerprint density at radius 2 is 1.91 bits per heavy atom. The molecule has 3 heterocycles. The zero-order valence-electron chi connectivity index (χ0n) is 17.8. The average Bonchev–Trinajstić information content (AvgIpc) is 3.43. The first-order valence-electron chi connectivity index (χ1n) is 9.84. The number of carbonyl (C=O) groups excluding carboxylic acids is 2. The number of rotatable bonds is 7. The van der Waals surface area contributed by atoms with E-state index in [0.717, 1.165) is 22.6 Å². The summed E-state index contributed by atoms with van der Waals surface area (Å²) in [5.41, 5.74) is 8.29. The maximum Gasteiger partial charge on any atom is 0.349 e. The second kappa shape index (κ2) is 9.49. The van der Waals surface area contributed by atoms with Crippen LogP contribution < -0.4 is 16.4 Å². The Morgan fingerprint density at radius 3 is 2.67 bits per heavy atom. The highest BCUT2D eigenvalue weighted by molar-refractivity contribution is 7.18. The topological polar surface area (TPSA) is 145 Å². The summed E-state index contributed by atoms with van der Waals surface area (Å²) in [4.78, 5) is 37.5. The van der Waals surface area contributed by atoms with Crippen molar-refractivity contribution in [2.75, 3.05) is 16.4 Å². The number of aromatic nitrogens is 3. The van der Waals surface area contributed by atoms with Crippen molar-refractivity contribution in [2.24, 2.45) is 0 Å². The summed E-state index contributed by atoms with van der Waals surface area (Å²) in [6, 6.07) is 12.5. The Bertz CT molecular complexity index is 1300. The molecule has 0 bridgehead atoms. The van der Waals surface area contributed by atoms with E-state index in [1.807, 2.05) is 31.2 Å². The number of esters is 1. The molecular formula is C22H20N6O4S. The number of nitrogens with one attached hydrogen (secondary N) is 2. The van der Waals surface area contributed by atoms with Gasteiger partial charge in [-0.3, -0.25) is 4.79 Å². The van der Waals surface area contributed by atoms with Crippen LogP contribution in [0.3, 0.4) is 0 Å². The number of anilines is 4. The average molecular weight is 465 g/mol. The summed E-state index contributed by atoms with van der Waals surface area (Å²) in [6.45, 7) is 3.50. The van der Waals surface area contributed by atoms with E-state index in [9.17, 15) is 9.59 Å². The number of para-hydroxylation sites is 1. The molecule has 4 N–H and O–H groups in total. The molecule has 0 unspecified atom stereocenters. The van der Waals surface area contributed by atoms with Crippen LogP contribution in [0.2, 0.25) is 0 Å². The molecule has 0 aliphatic rings. The summed E-state index contributed by atoms with van der Waals surface area (Å²) < 4.78 is 10.4. The minimum absolute atomic E-state index is 0.00219. The van der Waals surface area contributed by atoms with Crippen LogP contribution in [0.1, 0.15) is 37.2 Å². The number of ether oxygens (including phenoxy) is 1. The van der Waals surface area contributed by atoms with Crippen LogP contribution in [0.15, 0.2) is 53.1 Å². The quantitative estimate of drug-likeness (QED) is 0.344. The molecule has 168 valence electrons. The molecule has 0 fully saturated rings. The predicted octanol–water partition coefficient (Wildman–Crippen LogP) is 4.08. The first-order chi connectivity index (χ1) is 15.9. The number of nitrogens with zero attached hydrogens (tertiary/aromatic N) is 3. The van der Waals surface area contributed by atoms with E-state index >= 15 is 0 Å². The largest absolute Gasteiger partial charge is 0.459 e. The molecule has 0 saturated heterocycles. The minimum atomic E-state index is -0.566. The van der Waals surface area contributed by atoms with E-state index < -0.39 is 11.9 Å². The molecule has 4 rings (SSSR count). The van der Waals surface area contributed by atoms with Crippen LogP contribution in [0.5, 0.6) is 0 Å². The molecule has 4 aromatic rings. The SMILES string of the molecule is Cc1ccccc1Nc1nc(N)nc(COC(=O)c2sc(NC(=O)c3ccco3)cc2C)n1. The highest BCUT2D eigenvalue weighted by Gasteiger charge is 2.18. The van der Waals surface area contributed by atoms with Gasteiger partial charge < -0.3 is 25.5 Å². The third-order valence-electron chi connectivity index (χ3n) is 4.51. The van der Waals surface area contributed by atoms with E-state index in [4.69, 9.17) is 14.9 Å². The fourth-order valence-electron chi connectivity index (χ4n) is 2.92. The molecule has 0 atom stereocenters. The van der Waals surface area contributed by atoms with Gasteiger partial charge in [-0.2, -0.15) is 15.0 Å². The molecule has 1 amide bonds. The molecule has 0 aliphatic carbocycles. The van der Waals surface area contributed by atoms with Gasteiger partial charge in [0.1, 0.15) is 4.88 Å². The standard InChI is InChI=1S/C22H20N6O4S/c1-12-6-3-4-7-14(12)24-22-26-16(25-21(23)28-22)11-32-20(30)18-13(2)10-17(33-18)27-19(29)15-8-5-9-31-15/h3-10H,11H2,1-2H3,(H,27,29)(H3,23,24,25,26,28). The lowest BCUT2D eigenvalue weighted by Crippen LogP contribution is -2.11. The second-order valence-corrected chi connectivity index (χ2v) is 8.06. The fourth-order valence-corrected chi connectivity index (χ4v) is 3.88. The number of nitrogen functional groups attached to an aromatic ring is 1. The maximum atomic E-state index is 12.6. The van der Waals surface area contributed by atoms with Gasteiger partial charge in [-0.1, -0.05) is 18.2 Å². The number of nitrogens with two attached hydrogens (primary N) is 1. The van der Waals surface area contributed by atoms with E-state index in [-0.39, 0.29) is 30.1 Å². The monoisotopic (exact) mass is 464 g/mol. The number of carbonyl (C=O) groups is 2. The molecule has 3 aromatic heterocycles. The van der Waals surface area contributed by atoms with Crippen LogP contribution in [-0.2, 0) is 11.3 Å². The van der Waals surface area contributed by atoms with Gasteiger partial charge in [-0.15, -0.1) is 11.3 Å². The van der Waals surface area contributed by atoms with Crippen molar-refractivity contribution in [2.45, 2.75) is 20.5 Å². The van der Waals surface area contributed by atoms with E-state index in [2.05, 4.69) is 25.6 Å². The normalized spacial score (nSPS) is 10.6. The van der Waals surface area contributed by atoms with Gasteiger partial charge in [0.2, 0.25) is 11.9 Å². The van der Waals surface area contributed by atoms with Crippen molar-refractivity contribution < 1.29 is 18.7 Å². The summed E-state index contributed by atoms with van der Waals surface area (Å²) in [6.07, 6.45) is 1.41. The molecule has 1 aromatic carbocycles. The summed E-state index contributed by atoms with van der Waals surface area (Å²) in [5, 5.41) is 6.28. The van der Waals surface area contributed by atoms with Crippen LogP contribution in [-0.4, -0.2) is 26.8 Å². The number of hydrogen-bond donors (Lipinski definition) is 3. The Balaban J connectivity index is 1.41. The predicted molar refractivity (Wildman–Crippen MR) is 124 cm³/mol. The molecule has 33 heavy (non-hydrogen) atoms. The summed E-state index contributed by atoms with van der Waals surface area (Å²) in [7, 11) is 0. The van der Waals surface area contributed by atoms with Crippen LogP contribution in [0.25, 0.3) is 0 Å². The highest BCUT2D eigenvalue weighted by Crippen LogP contribution is 2.28. The number of amides is 1. The number of furan rings is 1. The Labute approximate surface area is 192 Å². The fraction of sp³-hybridized carbons (Fsp3) is 0.136. The number of benzene rings is 1. The summed E-state index contributed by atoms with van der Waals surface area (Å²) in [5.74, 6) is -0.348. The minimum Gasteiger partial charge on any atom is -0.459 e. The van der Waals surface area contributed by atoms with Crippen molar-refractivity contribution >= 4 is 45.8 Å². The highest BCUT2D eigenvalue weighted by atomic mass is 32.1. The molecule has 11 heteroatoms. The van der Waals surface area contributed by atoms with E-state index in [1.54, 1.807) is 25.1 Å². The van der Waals surface area contributed by atoms with Gasteiger partial charge in [0.05, 0.1) is 11.3 Å². The number of aryl methyl sites for hydroxylation is 2. The Kier molecular flexibility index (Phi) is 6.31. The van der Waals surface area contributed by atoms with Gasteiger partial charge in [0.15, 0.2) is 18.2 Å². The first-order valence-corrected chi connectivity index (χ1v) is 10.7. The molecule has 10 nitrogen and oxygen atoms in total. The lowest BCUT2D eigenvalue weighted by atomic mass is 10.2. The van der Waals surface area contributed by atoms with Gasteiger partial charge in [0.25, 0.3) is 5.91 Å². The lowest BCUT2D eigenvalue weighted by Gasteiger charge is -2.09. The van der Waals surface area contributed by atoms with Crippen molar-refractivity contribution in [3.05, 3.63) is 76.3 Å². The smallest absolute Gasteiger partial charge is 0.349 e. The van der Waals surface area contributed by atoms with E-state index in [0.29, 0.717) is 15.4 Å². The summed E-state index contributed by atoms with van der Waals surface area (Å²) >= 11 is 1.10. The van der Waals surface area contributed by atoms with Gasteiger partial charge >= 0.3 is 5.97 Å². The van der Waals surface area contributed by atoms with Crippen LogP contribution in [0, 0.1) is 13.8 Å².